The summed E-state index contributed by atoms with van der Waals surface area (Å²) in [6, 6.07) is 15.2. The summed E-state index contributed by atoms with van der Waals surface area (Å²) in [4.78, 5) is 17.4. The molecule has 0 spiro atoms. The summed E-state index contributed by atoms with van der Waals surface area (Å²) < 4.78 is 10.9. The molecule has 0 aliphatic carbocycles. The Morgan fingerprint density at radius 1 is 1.20 bits per heavy atom. The number of nitrogens with one attached hydrogen (secondary N) is 2. The summed E-state index contributed by atoms with van der Waals surface area (Å²) in [7, 11) is 1.62. The fraction of sp³-hybridized carbons (Fsp3) is 0.417. The number of rotatable bonds is 5. The molecule has 0 radical (unpaired) electrons. The second-order valence-corrected chi connectivity index (χ2v) is 8.46. The van der Waals surface area contributed by atoms with Crippen LogP contribution in [0.4, 0.5) is 5.69 Å². The van der Waals surface area contributed by atoms with Gasteiger partial charge in [0.2, 0.25) is 5.96 Å². The lowest BCUT2D eigenvalue weighted by molar-refractivity contribution is 0.0975. The summed E-state index contributed by atoms with van der Waals surface area (Å²) in [6.07, 6.45) is 2.12. The normalized spacial score (nSPS) is 16.9. The fourth-order valence-electron chi connectivity index (χ4n) is 3.23. The Kier molecular flexibility index (Phi) is 7.11. The first-order chi connectivity index (χ1) is 14.3. The van der Waals surface area contributed by atoms with Crippen LogP contribution in [0.3, 0.4) is 0 Å². The number of methoxy groups -OCH3 is 1. The molecule has 1 atom stereocenters. The number of amides is 1. The minimum absolute atomic E-state index is 0.0385. The number of nitrogens with zero attached hydrogens (tertiary/aromatic N) is 1. The average molecular weight is 410 g/mol. The predicted octanol–water partition coefficient (Wildman–Crippen LogP) is 4.37. The maximum atomic E-state index is 12.8. The summed E-state index contributed by atoms with van der Waals surface area (Å²) in [5.41, 5.74) is 2.58. The monoisotopic (exact) mass is 409 g/mol. The average Bonchev–Trinajstić information content (AvgIpc) is 3.25. The van der Waals surface area contributed by atoms with Crippen LogP contribution in [0.25, 0.3) is 0 Å². The van der Waals surface area contributed by atoms with E-state index in [1.165, 1.54) is 5.56 Å². The summed E-state index contributed by atoms with van der Waals surface area (Å²) in [5.74, 6) is 0.906. The fourth-order valence-corrected chi connectivity index (χ4v) is 3.23. The van der Waals surface area contributed by atoms with E-state index in [0.717, 1.165) is 30.9 Å². The Morgan fingerprint density at radius 3 is 2.60 bits per heavy atom. The molecule has 1 amide bonds. The molecule has 1 fully saturated rings. The molecule has 1 aliphatic heterocycles. The number of guanidine groups is 1. The largest absolute Gasteiger partial charge is 0.497 e. The number of benzene rings is 2. The van der Waals surface area contributed by atoms with Gasteiger partial charge in [-0.25, -0.2) is 4.99 Å². The second kappa shape index (κ2) is 9.76. The van der Waals surface area contributed by atoms with Crippen molar-refractivity contribution in [2.75, 3.05) is 25.6 Å². The van der Waals surface area contributed by atoms with Crippen LogP contribution >= 0.6 is 0 Å². The molecule has 6 heteroatoms. The Balaban J connectivity index is 1.75. The number of carbonyl (C=O) groups is 1. The zero-order valence-electron chi connectivity index (χ0n) is 18.2. The number of hydrogen-bond donors (Lipinski definition) is 2. The smallest absolute Gasteiger partial charge is 0.257 e. The van der Waals surface area contributed by atoms with Gasteiger partial charge in [-0.3, -0.25) is 10.1 Å². The van der Waals surface area contributed by atoms with E-state index in [0.29, 0.717) is 18.1 Å². The molecule has 3 rings (SSSR count). The quantitative estimate of drug-likeness (QED) is 0.568. The molecule has 2 N–H and O–H groups in total. The third-order valence-electron chi connectivity index (χ3n) is 5.05. The highest BCUT2D eigenvalue weighted by Crippen LogP contribution is 2.22. The van der Waals surface area contributed by atoms with E-state index < -0.39 is 0 Å². The maximum Gasteiger partial charge on any atom is 0.257 e. The summed E-state index contributed by atoms with van der Waals surface area (Å²) >= 11 is 0. The molecule has 160 valence electrons. The summed E-state index contributed by atoms with van der Waals surface area (Å²) in [6.45, 7) is 7.71. The van der Waals surface area contributed by atoms with Crippen molar-refractivity contribution >= 4 is 17.6 Å². The van der Waals surface area contributed by atoms with Gasteiger partial charge in [-0.05, 0) is 48.1 Å². The van der Waals surface area contributed by atoms with Crippen LogP contribution in [0.5, 0.6) is 5.75 Å². The van der Waals surface area contributed by atoms with E-state index in [1.807, 2.05) is 48.5 Å². The molecule has 0 aromatic heterocycles. The minimum atomic E-state index is -0.211. The van der Waals surface area contributed by atoms with Gasteiger partial charge in [-0.1, -0.05) is 39.0 Å². The van der Waals surface area contributed by atoms with Gasteiger partial charge in [0.1, 0.15) is 5.75 Å². The number of ether oxygens (including phenoxy) is 2. The second-order valence-electron chi connectivity index (χ2n) is 8.46. The zero-order valence-corrected chi connectivity index (χ0v) is 18.2. The van der Waals surface area contributed by atoms with Crippen LogP contribution < -0.4 is 15.4 Å². The van der Waals surface area contributed by atoms with Gasteiger partial charge in [0.05, 0.1) is 19.8 Å². The van der Waals surface area contributed by atoms with E-state index in [-0.39, 0.29) is 17.4 Å². The van der Waals surface area contributed by atoms with Crippen molar-refractivity contribution in [3.63, 3.8) is 0 Å². The molecule has 0 unspecified atom stereocenters. The highest BCUT2D eigenvalue weighted by atomic mass is 16.5. The number of anilines is 1. The highest BCUT2D eigenvalue weighted by molar-refractivity contribution is 6.10. The lowest BCUT2D eigenvalue weighted by Gasteiger charge is -2.19. The first-order valence-corrected chi connectivity index (χ1v) is 10.3. The van der Waals surface area contributed by atoms with Crippen molar-refractivity contribution in [1.29, 1.82) is 0 Å². The van der Waals surface area contributed by atoms with Crippen molar-refractivity contribution in [3.8, 4) is 5.75 Å². The topological polar surface area (TPSA) is 71.9 Å². The molecule has 30 heavy (non-hydrogen) atoms. The van der Waals surface area contributed by atoms with Gasteiger partial charge in [0.15, 0.2) is 0 Å². The molecular weight excluding hydrogens is 378 g/mol. The first kappa shape index (κ1) is 21.8. The van der Waals surface area contributed by atoms with Gasteiger partial charge in [0, 0.05) is 23.9 Å². The Hall–Kier alpha value is -2.86. The number of carbonyl (C=O) groups excluding carboxylic acids is 1. The Bertz CT molecular complexity index is 879. The van der Waals surface area contributed by atoms with Gasteiger partial charge in [0.25, 0.3) is 5.91 Å². The molecule has 1 aliphatic rings. The standard InChI is InChI=1S/C24H31N3O3/c1-24(2,3)18-12-10-17(11-13-18)22(28)27-23(25-16-21-9-6-14-30-21)26-19-7-5-8-20(15-19)29-4/h5,7-8,10-13,15,21H,6,9,14,16H2,1-4H3,(H2,25,26,27,28)/t21-/m0/s1. The number of aliphatic imine (C=N–C) groups is 1. The van der Waals surface area contributed by atoms with Gasteiger partial charge >= 0.3 is 0 Å². The maximum absolute atomic E-state index is 12.8. The van der Waals surface area contributed by atoms with Crippen molar-refractivity contribution in [2.45, 2.75) is 45.1 Å². The molecule has 0 saturated carbocycles. The van der Waals surface area contributed by atoms with Gasteiger partial charge in [-0.2, -0.15) is 0 Å². The minimum Gasteiger partial charge on any atom is -0.497 e. The molecule has 2 aromatic rings. The van der Waals surface area contributed by atoms with Crippen LogP contribution in [-0.4, -0.2) is 38.2 Å². The molecule has 2 aromatic carbocycles. The lowest BCUT2D eigenvalue weighted by atomic mass is 9.87. The number of hydrogen-bond acceptors (Lipinski definition) is 4. The van der Waals surface area contributed by atoms with E-state index in [2.05, 4.69) is 36.4 Å². The van der Waals surface area contributed by atoms with Gasteiger partial charge in [-0.15, -0.1) is 0 Å². The SMILES string of the molecule is COc1cccc(NC(=NC[C@@H]2CCCO2)NC(=O)c2ccc(C(C)(C)C)cc2)c1. The van der Waals surface area contributed by atoms with E-state index in [4.69, 9.17) is 9.47 Å². The van der Waals surface area contributed by atoms with Crippen LogP contribution in [0.15, 0.2) is 53.5 Å². The molecule has 1 heterocycles. The molecule has 6 nitrogen and oxygen atoms in total. The van der Waals surface area contributed by atoms with Crippen molar-refractivity contribution in [3.05, 3.63) is 59.7 Å². The third-order valence-corrected chi connectivity index (χ3v) is 5.05. The van der Waals surface area contributed by atoms with E-state index >= 15 is 0 Å². The van der Waals surface area contributed by atoms with Crippen LogP contribution in [0.1, 0.15) is 49.5 Å². The Morgan fingerprint density at radius 2 is 1.97 bits per heavy atom. The molecular formula is C24H31N3O3. The van der Waals surface area contributed by atoms with Crippen LogP contribution in [0.2, 0.25) is 0 Å². The zero-order chi connectivity index (χ0) is 21.6. The van der Waals surface area contributed by atoms with Crippen molar-refractivity contribution in [2.24, 2.45) is 4.99 Å². The summed E-state index contributed by atoms with van der Waals surface area (Å²) in [5, 5.41) is 6.10. The van der Waals surface area contributed by atoms with Crippen molar-refractivity contribution in [1.82, 2.24) is 5.32 Å². The lowest BCUT2D eigenvalue weighted by Crippen LogP contribution is -2.36. The third kappa shape index (κ3) is 6.07. The molecule has 0 bridgehead atoms. The first-order valence-electron chi connectivity index (χ1n) is 10.3. The van der Waals surface area contributed by atoms with E-state index in [1.54, 1.807) is 7.11 Å². The highest BCUT2D eigenvalue weighted by Gasteiger charge is 2.17. The Labute approximate surface area is 178 Å². The van der Waals surface area contributed by atoms with Crippen LogP contribution in [0, 0.1) is 0 Å². The predicted molar refractivity (Wildman–Crippen MR) is 121 cm³/mol. The van der Waals surface area contributed by atoms with Gasteiger partial charge < -0.3 is 14.8 Å². The van der Waals surface area contributed by atoms with E-state index in [9.17, 15) is 4.79 Å². The van der Waals surface area contributed by atoms with Crippen molar-refractivity contribution < 1.29 is 14.3 Å². The molecule has 1 saturated heterocycles. The van der Waals surface area contributed by atoms with Crippen LogP contribution in [-0.2, 0) is 10.2 Å².